The lowest BCUT2D eigenvalue weighted by molar-refractivity contribution is -0.133. The van der Waals surface area contributed by atoms with Crippen LogP contribution < -0.4 is 16.4 Å². The smallest absolute Gasteiger partial charge is 0.240 e. The Labute approximate surface area is 141 Å². The van der Waals surface area contributed by atoms with Gasteiger partial charge in [-0.15, -0.1) is 0 Å². The van der Waals surface area contributed by atoms with E-state index in [1.807, 2.05) is 12.1 Å². The van der Waals surface area contributed by atoms with Crippen LogP contribution in [0.2, 0.25) is 0 Å². The first-order valence-electron chi connectivity index (χ1n) is 8.12. The van der Waals surface area contributed by atoms with Gasteiger partial charge in [0.15, 0.2) is 0 Å². The molecule has 2 aliphatic rings. The molecule has 0 aliphatic carbocycles. The number of amides is 1. The van der Waals surface area contributed by atoms with Crippen molar-refractivity contribution < 1.29 is 4.79 Å². The zero-order chi connectivity index (χ0) is 17.1. The molecule has 0 spiro atoms. The number of nitrogens with one attached hydrogen (secondary N) is 2. The maximum atomic E-state index is 12.6. The average Bonchev–Trinajstić information content (AvgIpc) is 3.23. The molecule has 2 aliphatic heterocycles. The first-order chi connectivity index (χ1) is 11.6. The summed E-state index contributed by atoms with van der Waals surface area (Å²) in [5.74, 6) is 0.0164. The van der Waals surface area contributed by atoms with Crippen molar-refractivity contribution in [3.05, 3.63) is 23.8 Å². The van der Waals surface area contributed by atoms with Gasteiger partial charge in [-0.1, -0.05) is 0 Å². The molecule has 1 amide bonds. The van der Waals surface area contributed by atoms with Gasteiger partial charge in [0.1, 0.15) is 12.1 Å². The SMILES string of the molecule is N#Cc1ccc(N[C@@H]2CN[C@H](C(=O)N3CCC[C@H]3C#N)C2)cc1N. The molecule has 2 saturated heterocycles. The van der Waals surface area contributed by atoms with Crippen LogP contribution in [0.5, 0.6) is 0 Å². The molecule has 4 N–H and O–H groups in total. The van der Waals surface area contributed by atoms with E-state index in [1.54, 1.807) is 17.0 Å². The average molecular weight is 324 g/mol. The summed E-state index contributed by atoms with van der Waals surface area (Å²) in [6.07, 6.45) is 2.32. The fourth-order valence-electron chi connectivity index (χ4n) is 3.39. The molecule has 3 rings (SSSR count). The van der Waals surface area contributed by atoms with Gasteiger partial charge < -0.3 is 21.3 Å². The van der Waals surface area contributed by atoms with E-state index in [4.69, 9.17) is 16.3 Å². The molecule has 2 fully saturated rings. The van der Waals surface area contributed by atoms with Crippen molar-refractivity contribution in [1.82, 2.24) is 10.2 Å². The molecular weight excluding hydrogens is 304 g/mol. The van der Waals surface area contributed by atoms with Crippen LogP contribution in [0, 0.1) is 22.7 Å². The van der Waals surface area contributed by atoms with E-state index in [9.17, 15) is 4.79 Å². The highest BCUT2D eigenvalue weighted by atomic mass is 16.2. The molecule has 3 atom stereocenters. The highest BCUT2D eigenvalue weighted by Crippen LogP contribution is 2.23. The van der Waals surface area contributed by atoms with Crippen molar-refractivity contribution in [2.45, 2.75) is 37.4 Å². The molecule has 0 aromatic heterocycles. The molecule has 24 heavy (non-hydrogen) atoms. The standard InChI is InChI=1S/C17H20N6O/c18-8-11-3-4-12(6-15(11)20)22-13-7-16(21-10-13)17(24)23-5-1-2-14(23)9-19/h3-4,6,13-14,16,21-22H,1-2,5,7,10,20H2/t13-,14-,16-/m0/s1. The van der Waals surface area contributed by atoms with Crippen LogP contribution in [-0.2, 0) is 4.79 Å². The summed E-state index contributed by atoms with van der Waals surface area (Å²) in [5, 5.41) is 24.6. The van der Waals surface area contributed by atoms with E-state index in [0.29, 0.717) is 30.8 Å². The highest BCUT2D eigenvalue weighted by Gasteiger charge is 2.36. The largest absolute Gasteiger partial charge is 0.398 e. The normalized spacial score (nSPS) is 25.9. The van der Waals surface area contributed by atoms with E-state index in [-0.39, 0.29) is 24.0 Å². The summed E-state index contributed by atoms with van der Waals surface area (Å²) >= 11 is 0. The second-order valence-corrected chi connectivity index (χ2v) is 6.27. The van der Waals surface area contributed by atoms with Crippen LogP contribution >= 0.6 is 0 Å². The molecule has 1 aromatic carbocycles. The lowest BCUT2D eigenvalue weighted by Crippen LogP contribution is -2.45. The first-order valence-corrected chi connectivity index (χ1v) is 8.12. The number of nitrogen functional groups attached to an aromatic ring is 1. The number of carbonyl (C=O) groups is 1. The van der Waals surface area contributed by atoms with Gasteiger partial charge in [0.2, 0.25) is 5.91 Å². The monoisotopic (exact) mass is 324 g/mol. The molecule has 1 aromatic rings. The number of likely N-dealkylation sites (tertiary alicyclic amines) is 1. The van der Waals surface area contributed by atoms with Crippen molar-refractivity contribution in [1.29, 1.82) is 10.5 Å². The number of nitrogens with two attached hydrogens (primary N) is 1. The number of anilines is 2. The van der Waals surface area contributed by atoms with Crippen molar-refractivity contribution in [3.8, 4) is 12.1 Å². The Bertz CT molecular complexity index is 719. The summed E-state index contributed by atoms with van der Waals surface area (Å²) in [5.41, 5.74) is 7.55. The Morgan fingerprint density at radius 1 is 1.42 bits per heavy atom. The van der Waals surface area contributed by atoms with Gasteiger partial charge in [-0.2, -0.15) is 10.5 Å². The third kappa shape index (κ3) is 3.12. The summed E-state index contributed by atoms with van der Waals surface area (Å²) < 4.78 is 0. The van der Waals surface area contributed by atoms with Crippen molar-refractivity contribution >= 4 is 17.3 Å². The molecule has 0 radical (unpaired) electrons. The van der Waals surface area contributed by atoms with Crippen molar-refractivity contribution in [2.24, 2.45) is 0 Å². The van der Waals surface area contributed by atoms with Gasteiger partial charge in [-0.05, 0) is 37.5 Å². The van der Waals surface area contributed by atoms with Crippen LogP contribution in [0.3, 0.4) is 0 Å². The number of nitrogens with zero attached hydrogens (tertiary/aromatic N) is 3. The second kappa shape index (κ2) is 6.77. The summed E-state index contributed by atoms with van der Waals surface area (Å²) in [6.45, 7) is 1.33. The Kier molecular flexibility index (Phi) is 4.54. The lowest BCUT2D eigenvalue weighted by Gasteiger charge is -2.23. The number of rotatable bonds is 3. The number of hydrogen-bond acceptors (Lipinski definition) is 6. The zero-order valence-electron chi connectivity index (χ0n) is 13.3. The second-order valence-electron chi connectivity index (χ2n) is 6.27. The third-order valence-electron chi connectivity index (χ3n) is 4.66. The predicted octanol–water partition coefficient (Wildman–Crippen LogP) is 0.797. The maximum absolute atomic E-state index is 12.6. The van der Waals surface area contributed by atoms with Gasteiger partial charge in [-0.3, -0.25) is 4.79 Å². The minimum absolute atomic E-state index is 0.0164. The van der Waals surface area contributed by atoms with Crippen LogP contribution in [0.4, 0.5) is 11.4 Å². The molecule has 0 bridgehead atoms. The highest BCUT2D eigenvalue weighted by molar-refractivity contribution is 5.83. The van der Waals surface area contributed by atoms with Crippen molar-refractivity contribution in [2.75, 3.05) is 24.1 Å². The minimum Gasteiger partial charge on any atom is -0.398 e. The van der Waals surface area contributed by atoms with Gasteiger partial charge >= 0.3 is 0 Å². The van der Waals surface area contributed by atoms with E-state index >= 15 is 0 Å². The predicted molar refractivity (Wildman–Crippen MR) is 89.7 cm³/mol. The Hall–Kier alpha value is -2.77. The van der Waals surface area contributed by atoms with Gasteiger partial charge in [-0.25, -0.2) is 0 Å². The van der Waals surface area contributed by atoms with Gasteiger partial charge in [0.25, 0.3) is 0 Å². The van der Waals surface area contributed by atoms with Crippen molar-refractivity contribution in [3.63, 3.8) is 0 Å². The van der Waals surface area contributed by atoms with Crippen LogP contribution in [0.25, 0.3) is 0 Å². The van der Waals surface area contributed by atoms with Crippen LogP contribution in [0.1, 0.15) is 24.8 Å². The molecule has 124 valence electrons. The maximum Gasteiger partial charge on any atom is 0.240 e. The Balaban J connectivity index is 1.60. The molecule has 7 nitrogen and oxygen atoms in total. The molecule has 2 heterocycles. The van der Waals surface area contributed by atoms with Gasteiger partial charge in [0.05, 0.1) is 23.4 Å². The Morgan fingerprint density at radius 2 is 2.25 bits per heavy atom. The molecule has 0 unspecified atom stereocenters. The molecule has 0 saturated carbocycles. The van der Waals surface area contributed by atoms with Crippen LogP contribution in [0.15, 0.2) is 18.2 Å². The fraction of sp³-hybridized carbons (Fsp3) is 0.471. The topological polar surface area (TPSA) is 118 Å². The van der Waals surface area contributed by atoms with E-state index < -0.39 is 0 Å². The van der Waals surface area contributed by atoms with E-state index in [2.05, 4.69) is 16.7 Å². The number of nitriles is 2. The number of hydrogen-bond donors (Lipinski definition) is 3. The third-order valence-corrected chi connectivity index (χ3v) is 4.66. The van der Waals surface area contributed by atoms with Crippen LogP contribution in [-0.4, -0.2) is 42.0 Å². The quantitative estimate of drug-likeness (QED) is 0.708. The summed E-state index contributed by atoms with van der Waals surface area (Å²) in [6, 6.07) is 9.04. The van der Waals surface area contributed by atoms with Gasteiger partial charge in [0, 0.05) is 24.8 Å². The number of carbonyl (C=O) groups excluding carboxylic acids is 1. The summed E-state index contributed by atoms with van der Waals surface area (Å²) in [7, 11) is 0. The van der Waals surface area contributed by atoms with E-state index in [0.717, 1.165) is 18.5 Å². The van der Waals surface area contributed by atoms with E-state index in [1.165, 1.54) is 0 Å². The summed E-state index contributed by atoms with van der Waals surface area (Å²) in [4.78, 5) is 14.3. The first kappa shape index (κ1) is 16.1. The fourth-order valence-corrected chi connectivity index (χ4v) is 3.39. The minimum atomic E-state index is -0.287. The number of benzene rings is 1. The lowest BCUT2D eigenvalue weighted by atomic mass is 10.1. The Morgan fingerprint density at radius 3 is 2.96 bits per heavy atom. The molecule has 7 heteroatoms. The molecular formula is C17H20N6O. The zero-order valence-corrected chi connectivity index (χ0v) is 13.3.